The summed E-state index contributed by atoms with van der Waals surface area (Å²) in [5.74, 6) is 0. The van der Waals surface area contributed by atoms with E-state index >= 15 is 0 Å². The van der Waals surface area contributed by atoms with Crippen molar-refractivity contribution in [1.82, 2.24) is 0 Å². The molecule has 178 valence electrons. The van der Waals surface area contributed by atoms with E-state index in [1.165, 1.54) is 89.5 Å². The van der Waals surface area contributed by atoms with E-state index in [-0.39, 0.29) is 51.4 Å². The quantitative estimate of drug-likeness (QED) is 0.104. The van der Waals surface area contributed by atoms with E-state index in [4.69, 9.17) is 4.55 Å². The predicted octanol–water partition coefficient (Wildman–Crippen LogP) is 5.42. The molecule has 0 amide bonds. The van der Waals surface area contributed by atoms with E-state index in [9.17, 15) is 18.6 Å². The summed E-state index contributed by atoms with van der Waals surface area (Å²) in [5.41, 5.74) is 0.447. The third kappa shape index (κ3) is 14.1. The Morgan fingerprint density at radius 2 is 1.19 bits per heavy atom. The number of hydrogen-bond donors (Lipinski definition) is 3. The summed E-state index contributed by atoms with van der Waals surface area (Å²) in [4.78, 5) is -2.42. The summed E-state index contributed by atoms with van der Waals surface area (Å²) in [6, 6.07) is 0. The van der Waals surface area contributed by atoms with Gasteiger partial charge < -0.3 is 10.2 Å². The van der Waals surface area contributed by atoms with Crippen LogP contribution in [-0.2, 0) is 10.1 Å². The van der Waals surface area contributed by atoms with Gasteiger partial charge in [-0.3, -0.25) is 4.55 Å². The Hall–Kier alpha value is 0.946. The van der Waals surface area contributed by atoms with Crippen LogP contribution in [0.3, 0.4) is 0 Å². The second-order valence-corrected chi connectivity index (χ2v) is 10.4. The standard InChI is InChI=1S/C24H44O5S.K.H/c1-2-3-4-5-6-7-8-9-10-11-12-13-14-15-16-17-18-22-21-24(26,30(27,28)29)20-19-23(22)25;;/h19-21,23,25-26H,2-18H2,1H3,(H,27,28,29);;. The number of aliphatic hydroxyl groups is 2. The molecule has 2 unspecified atom stereocenters. The second kappa shape index (κ2) is 18.3. The molecule has 0 heterocycles. The molecule has 0 aromatic heterocycles. The fourth-order valence-corrected chi connectivity index (χ4v) is 4.56. The minimum absolute atomic E-state index is 0. The molecule has 0 bridgehead atoms. The van der Waals surface area contributed by atoms with Gasteiger partial charge in [0.05, 0.1) is 6.10 Å². The molecular formula is C24H45KO5S. The van der Waals surface area contributed by atoms with Crippen LogP contribution in [0.4, 0.5) is 0 Å². The number of aliphatic hydroxyl groups excluding tert-OH is 1. The van der Waals surface area contributed by atoms with Crippen LogP contribution in [0.2, 0.25) is 0 Å². The van der Waals surface area contributed by atoms with Gasteiger partial charge in [0.2, 0.25) is 4.93 Å². The zero-order valence-electron chi connectivity index (χ0n) is 18.9. The van der Waals surface area contributed by atoms with Gasteiger partial charge in [0.15, 0.2) is 0 Å². The fourth-order valence-electron chi connectivity index (χ4n) is 4.01. The zero-order chi connectivity index (χ0) is 22.3. The first-order chi connectivity index (χ1) is 14.3. The Morgan fingerprint density at radius 1 is 0.806 bits per heavy atom. The van der Waals surface area contributed by atoms with Crippen molar-refractivity contribution in [1.29, 1.82) is 0 Å². The van der Waals surface area contributed by atoms with Crippen molar-refractivity contribution < 1.29 is 23.2 Å². The number of unbranched alkanes of at least 4 members (excludes halogenated alkanes) is 15. The molecular weight excluding hydrogens is 439 g/mol. The Bertz CT molecular complexity index is 617. The maximum absolute atomic E-state index is 11.3. The average molecular weight is 485 g/mol. The third-order valence-corrected chi connectivity index (χ3v) is 7.10. The van der Waals surface area contributed by atoms with Gasteiger partial charge in [-0.2, -0.15) is 8.42 Å². The minimum atomic E-state index is -4.66. The SMILES string of the molecule is CCCCCCCCCCCCCCCCCCC1=CC(O)(S(=O)(=O)O)C=CC1O.[KH]. The van der Waals surface area contributed by atoms with Gasteiger partial charge in [-0.1, -0.05) is 109 Å². The molecule has 0 saturated carbocycles. The Kier molecular flexibility index (Phi) is 18.9. The Morgan fingerprint density at radius 3 is 1.58 bits per heavy atom. The molecule has 0 radical (unpaired) electrons. The van der Waals surface area contributed by atoms with Gasteiger partial charge in [0.1, 0.15) is 0 Å². The maximum atomic E-state index is 11.3. The molecule has 0 spiro atoms. The molecule has 1 aliphatic carbocycles. The Labute approximate surface area is 233 Å². The van der Waals surface area contributed by atoms with Crippen LogP contribution in [0, 0.1) is 0 Å². The molecule has 31 heavy (non-hydrogen) atoms. The summed E-state index contributed by atoms with van der Waals surface area (Å²) in [5, 5.41) is 20.0. The van der Waals surface area contributed by atoms with Crippen LogP contribution in [-0.4, -0.2) is 85.6 Å². The normalized spacial score (nSPS) is 21.0. The first-order valence-electron chi connectivity index (χ1n) is 12.1. The van der Waals surface area contributed by atoms with Crippen molar-refractivity contribution in [3.63, 3.8) is 0 Å². The summed E-state index contributed by atoms with van der Waals surface area (Å²) >= 11 is 0. The predicted molar refractivity (Wildman–Crippen MR) is 131 cm³/mol. The van der Waals surface area contributed by atoms with Crippen LogP contribution < -0.4 is 0 Å². The number of hydrogen-bond acceptors (Lipinski definition) is 4. The van der Waals surface area contributed by atoms with E-state index < -0.39 is 21.2 Å². The van der Waals surface area contributed by atoms with Crippen molar-refractivity contribution >= 4 is 61.5 Å². The molecule has 3 N–H and O–H groups in total. The van der Waals surface area contributed by atoms with Crippen LogP contribution in [0.5, 0.6) is 0 Å². The van der Waals surface area contributed by atoms with Crippen LogP contribution in [0.15, 0.2) is 23.8 Å². The third-order valence-electron chi connectivity index (χ3n) is 6.02. The number of rotatable bonds is 18. The van der Waals surface area contributed by atoms with Crippen LogP contribution in [0.1, 0.15) is 116 Å². The van der Waals surface area contributed by atoms with Crippen molar-refractivity contribution in [2.45, 2.75) is 127 Å². The van der Waals surface area contributed by atoms with Crippen molar-refractivity contribution in [3.8, 4) is 0 Å². The molecule has 1 rings (SSSR count). The Balaban J connectivity index is 0.00000900. The fraction of sp³-hybridized carbons (Fsp3) is 0.833. The topological polar surface area (TPSA) is 94.8 Å². The molecule has 0 aromatic carbocycles. The first kappa shape index (κ1) is 31.9. The summed E-state index contributed by atoms with van der Waals surface area (Å²) in [6.45, 7) is 2.26. The van der Waals surface area contributed by atoms with Gasteiger partial charge in [-0.25, -0.2) is 0 Å². The van der Waals surface area contributed by atoms with Crippen molar-refractivity contribution in [2.75, 3.05) is 0 Å². The van der Waals surface area contributed by atoms with Crippen LogP contribution >= 0.6 is 0 Å². The van der Waals surface area contributed by atoms with Gasteiger partial charge >= 0.3 is 61.5 Å². The monoisotopic (exact) mass is 484 g/mol. The average Bonchev–Trinajstić information content (AvgIpc) is 2.69. The molecule has 5 nitrogen and oxygen atoms in total. The van der Waals surface area contributed by atoms with E-state index in [0.717, 1.165) is 31.4 Å². The van der Waals surface area contributed by atoms with Crippen LogP contribution in [0.25, 0.3) is 0 Å². The molecule has 1 aliphatic rings. The van der Waals surface area contributed by atoms with Crippen molar-refractivity contribution in [2.24, 2.45) is 0 Å². The molecule has 0 saturated heterocycles. The summed E-state index contributed by atoms with van der Waals surface area (Å²) in [7, 11) is -4.66. The molecule has 0 fully saturated rings. The second-order valence-electron chi connectivity index (χ2n) is 8.80. The van der Waals surface area contributed by atoms with Crippen molar-refractivity contribution in [3.05, 3.63) is 23.8 Å². The molecule has 0 aliphatic heterocycles. The molecule has 7 heteroatoms. The summed E-state index contributed by atoms with van der Waals surface area (Å²) in [6.07, 6.45) is 23.3. The van der Waals surface area contributed by atoms with E-state index in [1.807, 2.05) is 0 Å². The van der Waals surface area contributed by atoms with E-state index in [0.29, 0.717) is 12.0 Å². The molecule has 2 atom stereocenters. The van der Waals surface area contributed by atoms with E-state index in [2.05, 4.69) is 6.92 Å². The summed E-state index contributed by atoms with van der Waals surface area (Å²) < 4.78 is 31.8. The van der Waals surface area contributed by atoms with Gasteiger partial charge in [0.25, 0.3) is 0 Å². The first-order valence-corrected chi connectivity index (χ1v) is 13.5. The van der Waals surface area contributed by atoms with Gasteiger partial charge in [-0.05, 0) is 30.6 Å². The van der Waals surface area contributed by atoms with Gasteiger partial charge in [-0.15, -0.1) is 0 Å². The zero-order valence-corrected chi connectivity index (χ0v) is 19.7. The van der Waals surface area contributed by atoms with E-state index in [1.54, 1.807) is 0 Å². The van der Waals surface area contributed by atoms with Gasteiger partial charge in [0, 0.05) is 0 Å². The molecule has 0 aromatic rings.